The van der Waals surface area contributed by atoms with Crippen LogP contribution in [0.1, 0.15) is 33.6 Å². The Hall–Kier alpha value is -0.0800. The van der Waals surface area contributed by atoms with E-state index < -0.39 is 0 Å². The summed E-state index contributed by atoms with van der Waals surface area (Å²) in [6.45, 7) is 10.3. The van der Waals surface area contributed by atoms with Gasteiger partial charge in [0.15, 0.2) is 5.96 Å². The highest BCUT2D eigenvalue weighted by molar-refractivity contribution is 14.0. The molecule has 1 rings (SSSR count). The molecule has 120 valence electrons. The molecular weight excluding hydrogens is 367 g/mol. The number of halogens is 1. The number of nitrogens with one attached hydrogen (secondary N) is 1. The van der Waals surface area contributed by atoms with E-state index in [1.807, 2.05) is 6.92 Å². The van der Waals surface area contributed by atoms with E-state index in [0.717, 1.165) is 12.5 Å². The fourth-order valence-corrected chi connectivity index (χ4v) is 2.56. The minimum Gasteiger partial charge on any atom is -0.383 e. The Morgan fingerprint density at radius 2 is 2.20 bits per heavy atom. The van der Waals surface area contributed by atoms with E-state index in [1.54, 1.807) is 7.11 Å². The van der Waals surface area contributed by atoms with Crippen LogP contribution < -0.4 is 11.1 Å². The Labute approximate surface area is 140 Å². The molecule has 3 atom stereocenters. The smallest absolute Gasteiger partial charge is 0.188 e. The van der Waals surface area contributed by atoms with E-state index in [-0.39, 0.29) is 30.0 Å². The lowest BCUT2D eigenvalue weighted by Crippen LogP contribution is -2.44. The van der Waals surface area contributed by atoms with Crippen molar-refractivity contribution in [3.63, 3.8) is 0 Å². The van der Waals surface area contributed by atoms with Gasteiger partial charge < -0.3 is 15.8 Å². The summed E-state index contributed by atoms with van der Waals surface area (Å²) in [7, 11) is 1.69. The minimum atomic E-state index is 0. The zero-order valence-electron chi connectivity index (χ0n) is 13.3. The number of aliphatic imine (C=N–C) groups is 1. The van der Waals surface area contributed by atoms with Gasteiger partial charge >= 0.3 is 0 Å². The molecule has 1 heterocycles. The van der Waals surface area contributed by atoms with Crippen molar-refractivity contribution in [2.45, 2.75) is 45.7 Å². The lowest BCUT2D eigenvalue weighted by Gasteiger charge is -2.34. The average molecular weight is 398 g/mol. The number of ether oxygens (including phenoxy) is 1. The normalized spacial score (nSPS) is 23.8. The van der Waals surface area contributed by atoms with Crippen LogP contribution in [0, 0.1) is 5.92 Å². The van der Waals surface area contributed by atoms with Crippen LogP contribution >= 0.6 is 24.0 Å². The Bertz CT molecular complexity index is 288. The van der Waals surface area contributed by atoms with Crippen molar-refractivity contribution in [2.75, 3.05) is 33.4 Å². The molecule has 1 saturated heterocycles. The van der Waals surface area contributed by atoms with Gasteiger partial charge in [-0.15, -0.1) is 24.0 Å². The van der Waals surface area contributed by atoms with Crippen LogP contribution in [0.25, 0.3) is 0 Å². The van der Waals surface area contributed by atoms with Crippen LogP contribution in [0.4, 0.5) is 0 Å². The molecule has 0 radical (unpaired) electrons. The van der Waals surface area contributed by atoms with Crippen LogP contribution in [0.3, 0.4) is 0 Å². The average Bonchev–Trinajstić information content (AvgIpc) is 2.36. The van der Waals surface area contributed by atoms with Gasteiger partial charge in [-0.25, -0.2) is 0 Å². The summed E-state index contributed by atoms with van der Waals surface area (Å²) in [6, 6.07) is 0.653. The molecule has 3 N–H and O–H groups in total. The molecule has 3 unspecified atom stereocenters. The molecule has 5 nitrogen and oxygen atoms in total. The van der Waals surface area contributed by atoms with Crippen LogP contribution in [-0.4, -0.2) is 56.3 Å². The molecule has 1 aliphatic heterocycles. The van der Waals surface area contributed by atoms with Crippen LogP contribution in [0.2, 0.25) is 0 Å². The highest BCUT2D eigenvalue weighted by Gasteiger charge is 2.20. The molecular formula is C14H31IN4O. The summed E-state index contributed by atoms with van der Waals surface area (Å²) in [6.07, 6.45) is 2.65. The molecule has 6 heteroatoms. The predicted octanol–water partition coefficient (Wildman–Crippen LogP) is 1.66. The van der Waals surface area contributed by atoms with Gasteiger partial charge in [-0.2, -0.15) is 0 Å². The number of piperidine rings is 1. The summed E-state index contributed by atoms with van der Waals surface area (Å²) in [4.78, 5) is 6.95. The summed E-state index contributed by atoms with van der Waals surface area (Å²) in [5.74, 6) is 1.32. The maximum Gasteiger partial charge on any atom is 0.188 e. The number of hydrogen-bond donors (Lipinski definition) is 2. The third-order valence-corrected chi connectivity index (χ3v) is 3.65. The zero-order valence-corrected chi connectivity index (χ0v) is 15.6. The lowest BCUT2D eigenvalue weighted by molar-refractivity contribution is 0.142. The van der Waals surface area contributed by atoms with Gasteiger partial charge in [0.25, 0.3) is 0 Å². The van der Waals surface area contributed by atoms with Gasteiger partial charge in [-0.1, -0.05) is 6.92 Å². The second-order valence-corrected chi connectivity index (χ2v) is 5.82. The third kappa shape index (κ3) is 7.64. The van der Waals surface area contributed by atoms with Gasteiger partial charge in [0.05, 0.1) is 13.2 Å². The lowest BCUT2D eigenvalue weighted by atomic mass is 9.99. The summed E-state index contributed by atoms with van der Waals surface area (Å²) in [5, 5.41) is 3.13. The molecule has 0 aromatic rings. The number of nitrogens with two attached hydrogens (primary N) is 1. The highest BCUT2D eigenvalue weighted by Crippen LogP contribution is 2.17. The van der Waals surface area contributed by atoms with Crippen molar-refractivity contribution in [2.24, 2.45) is 16.6 Å². The molecule has 1 aliphatic rings. The van der Waals surface area contributed by atoms with Crippen LogP contribution in [0.15, 0.2) is 4.99 Å². The fourth-order valence-electron chi connectivity index (χ4n) is 2.56. The highest BCUT2D eigenvalue weighted by atomic mass is 127. The summed E-state index contributed by atoms with van der Waals surface area (Å²) < 4.78 is 5.06. The van der Waals surface area contributed by atoms with Crippen molar-refractivity contribution in [1.82, 2.24) is 10.2 Å². The van der Waals surface area contributed by atoms with Crippen molar-refractivity contribution in [1.29, 1.82) is 0 Å². The van der Waals surface area contributed by atoms with Gasteiger partial charge in [0.1, 0.15) is 0 Å². The topological polar surface area (TPSA) is 62.9 Å². The number of hydrogen-bond acceptors (Lipinski definition) is 3. The first-order valence-corrected chi connectivity index (χ1v) is 7.32. The van der Waals surface area contributed by atoms with E-state index in [2.05, 4.69) is 29.1 Å². The number of rotatable bonds is 6. The standard InChI is InChI=1S/C14H30N4O.HI/c1-11-6-5-7-18(9-11)13(3)8-16-14(15)17-12(2)10-19-4;/h11-13H,5-10H2,1-4H3,(H3,15,16,17);1H. The molecule has 20 heavy (non-hydrogen) atoms. The van der Waals surface area contributed by atoms with Crippen molar-refractivity contribution in [3.05, 3.63) is 0 Å². The summed E-state index contributed by atoms with van der Waals surface area (Å²) >= 11 is 0. The van der Waals surface area contributed by atoms with Crippen LogP contribution in [-0.2, 0) is 4.74 Å². The molecule has 0 aliphatic carbocycles. The maximum atomic E-state index is 5.87. The van der Waals surface area contributed by atoms with E-state index in [4.69, 9.17) is 10.5 Å². The predicted molar refractivity (Wildman–Crippen MR) is 95.8 cm³/mol. The largest absolute Gasteiger partial charge is 0.383 e. The minimum absolute atomic E-state index is 0. The number of nitrogens with zero attached hydrogens (tertiary/aromatic N) is 2. The second kappa shape index (κ2) is 10.6. The van der Waals surface area contributed by atoms with Crippen molar-refractivity contribution < 1.29 is 4.74 Å². The molecule has 0 bridgehead atoms. The van der Waals surface area contributed by atoms with Crippen LogP contribution in [0.5, 0.6) is 0 Å². The van der Waals surface area contributed by atoms with E-state index >= 15 is 0 Å². The first-order chi connectivity index (χ1) is 9.02. The molecule has 0 saturated carbocycles. The molecule has 0 spiro atoms. The molecule has 1 fully saturated rings. The van der Waals surface area contributed by atoms with Crippen molar-refractivity contribution in [3.8, 4) is 0 Å². The Morgan fingerprint density at radius 3 is 2.80 bits per heavy atom. The van der Waals surface area contributed by atoms with E-state index in [9.17, 15) is 0 Å². The fraction of sp³-hybridized carbons (Fsp3) is 0.929. The van der Waals surface area contributed by atoms with E-state index in [0.29, 0.717) is 18.6 Å². The van der Waals surface area contributed by atoms with Gasteiger partial charge in [0.2, 0.25) is 0 Å². The van der Waals surface area contributed by atoms with Gasteiger partial charge in [-0.3, -0.25) is 9.89 Å². The van der Waals surface area contributed by atoms with E-state index in [1.165, 1.54) is 25.9 Å². The monoisotopic (exact) mass is 398 g/mol. The number of methoxy groups -OCH3 is 1. The Morgan fingerprint density at radius 1 is 1.50 bits per heavy atom. The first-order valence-electron chi connectivity index (χ1n) is 7.32. The molecule has 0 amide bonds. The molecule has 0 aromatic carbocycles. The maximum absolute atomic E-state index is 5.87. The Kier molecular flexibility index (Phi) is 10.6. The van der Waals surface area contributed by atoms with Gasteiger partial charge in [0, 0.05) is 25.7 Å². The van der Waals surface area contributed by atoms with Crippen molar-refractivity contribution >= 4 is 29.9 Å². The summed E-state index contributed by atoms with van der Waals surface area (Å²) in [5.41, 5.74) is 5.87. The number of likely N-dealkylation sites (tertiary alicyclic amines) is 1. The van der Waals surface area contributed by atoms with Gasteiger partial charge in [-0.05, 0) is 39.2 Å². The molecule has 0 aromatic heterocycles. The first kappa shape index (κ1) is 19.9. The zero-order chi connectivity index (χ0) is 14.3. The SMILES string of the molecule is COCC(C)NC(N)=NCC(C)N1CCCC(C)C1.I. The number of guanidine groups is 1. The Balaban J connectivity index is 0.00000361. The third-order valence-electron chi connectivity index (χ3n) is 3.65. The quantitative estimate of drug-likeness (QED) is 0.406. The second-order valence-electron chi connectivity index (χ2n) is 5.82.